The van der Waals surface area contributed by atoms with Gasteiger partial charge in [-0.25, -0.2) is 0 Å². The Morgan fingerprint density at radius 3 is 2.54 bits per heavy atom. The lowest BCUT2D eigenvalue weighted by Gasteiger charge is -2.28. The van der Waals surface area contributed by atoms with Crippen LogP contribution in [0.15, 0.2) is 47.8 Å². The molecule has 0 aliphatic carbocycles. The van der Waals surface area contributed by atoms with Gasteiger partial charge in [-0.2, -0.15) is 5.26 Å². The number of hydrogen-bond acceptors (Lipinski definition) is 3. The number of carbonyl (C=O) groups excluding carboxylic acids is 1. The number of rotatable bonds is 6. The summed E-state index contributed by atoms with van der Waals surface area (Å²) in [4.78, 5) is 16.5. The average molecular weight is 392 g/mol. The number of nitrogens with zero attached hydrogens (tertiary/aromatic N) is 3. The first-order chi connectivity index (χ1) is 13.5. The molecule has 1 amide bonds. The van der Waals surface area contributed by atoms with Crippen molar-refractivity contribution in [3.63, 3.8) is 0 Å². The fraction of sp³-hybridized carbons (Fsp3) is 0.304. The van der Waals surface area contributed by atoms with Gasteiger partial charge in [0.1, 0.15) is 0 Å². The first-order valence-electron chi connectivity index (χ1n) is 9.46. The zero-order chi connectivity index (χ0) is 20.3. The molecule has 0 aliphatic heterocycles. The Labute approximate surface area is 170 Å². The minimum absolute atomic E-state index is 0.0462. The van der Waals surface area contributed by atoms with Crippen LogP contribution < -0.4 is 0 Å². The molecule has 0 saturated carbocycles. The summed E-state index contributed by atoms with van der Waals surface area (Å²) in [7, 11) is 0. The van der Waals surface area contributed by atoms with Gasteiger partial charge >= 0.3 is 0 Å². The van der Waals surface area contributed by atoms with Gasteiger partial charge in [0.05, 0.1) is 29.8 Å². The molecule has 4 nitrogen and oxygen atoms in total. The molecular weight excluding hydrogens is 366 g/mol. The molecule has 2 aromatic heterocycles. The predicted octanol–water partition coefficient (Wildman–Crippen LogP) is 5.31. The molecule has 0 saturated heterocycles. The largest absolute Gasteiger partial charge is 0.343 e. The number of carbonyl (C=O) groups is 1. The van der Waals surface area contributed by atoms with Crippen molar-refractivity contribution in [1.29, 1.82) is 5.26 Å². The van der Waals surface area contributed by atoms with Gasteiger partial charge in [-0.15, -0.1) is 11.3 Å². The molecule has 1 aromatic carbocycles. The molecule has 0 fully saturated rings. The molecule has 28 heavy (non-hydrogen) atoms. The van der Waals surface area contributed by atoms with Gasteiger partial charge in [0.25, 0.3) is 5.91 Å². The van der Waals surface area contributed by atoms with Crippen LogP contribution in [0.3, 0.4) is 0 Å². The standard InChI is InChI=1S/C23H25N3OS/c1-5-25(17(3)20-10-8-19(14-24)9-11-20)23(27)22-13-16(2)26(18(22)4)15-21-7-6-12-28-21/h6-13,17H,5,15H2,1-4H3. The lowest BCUT2D eigenvalue weighted by molar-refractivity contribution is 0.0701. The third-order valence-corrected chi connectivity index (χ3v) is 6.15. The summed E-state index contributed by atoms with van der Waals surface area (Å²) in [6.07, 6.45) is 0. The van der Waals surface area contributed by atoms with E-state index in [-0.39, 0.29) is 11.9 Å². The second-order valence-corrected chi connectivity index (χ2v) is 7.98. The highest BCUT2D eigenvalue weighted by atomic mass is 32.1. The number of hydrogen-bond donors (Lipinski definition) is 0. The highest BCUT2D eigenvalue weighted by Crippen LogP contribution is 2.26. The Morgan fingerprint density at radius 1 is 1.25 bits per heavy atom. The lowest BCUT2D eigenvalue weighted by Crippen LogP contribution is -2.33. The number of aromatic nitrogens is 1. The van der Waals surface area contributed by atoms with Crippen LogP contribution in [0.5, 0.6) is 0 Å². The summed E-state index contributed by atoms with van der Waals surface area (Å²) in [5, 5.41) is 11.1. The summed E-state index contributed by atoms with van der Waals surface area (Å²) in [6.45, 7) is 9.52. The van der Waals surface area contributed by atoms with Crippen molar-refractivity contribution >= 4 is 17.2 Å². The maximum Gasteiger partial charge on any atom is 0.256 e. The second kappa shape index (κ2) is 8.45. The fourth-order valence-electron chi connectivity index (χ4n) is 3.58. The molecule has 0 aliphatic rings. The number of benzene rings is 1. The lowest BCUT2D eigenvalue weighted by atomic mass is 10.0. The van der Waals surface area contributed by atoms with Crippen LogP contribution in [0.2, 0.25) is 0 Å². The van der Waals surface area contributed by atoms with Crippen molar-refractivity contribution < 1.29 is 4.79 Å². The van der Waals surface area contributed by atoms with E-state index in [0.29, 0.717) is 12.1 Å². The maximum atomic E-state index is 13.4. The van der Waals surface area contributed by atoms with E-state index in [0.717, 1.165) is 29.1 Å². The molecule has 2 heterocycles. The van der Waals surface area contributed by atoms with Crippen molar-refractivity contribution in [2.75, 3.05) is 6.54 Å². The molecule has 1 unspecified atom stereocenters. The van der Waals surface area contributed by atoms with Gasteiger partial charge in [0.15, 0.2) is 0 Å². The zero-order valence-corrected chi connectivity index (χ0v) is 17.6. The van der Waals surface area contributed by atoms with E-state index in [9.17, 15) is 4.79 Å². The monoisotopic (exact) mass is 391 g/mol. The van der Waals surface area contributed by atoms with Crippen LogP contribution in [-0.4, -0.2) is 21.9 Å². The molecular formula is C23H25N3OS. The predicted molar refractivity (Wildman–Crippen MR) is 114 cm³/mol. The normalized spacial score (nSPS) is 11.8. The molecule has 0 bridgehead atoms. The number of aryl methyl sites for hydroxylation is 1. The van der Waals surface area contributed by atoms with Gasteiger partial charge in [-0.1, -0.05) is 18.2 Å². The van der Waals surface area contributed by atoms with Gasteiger partial charge in [0.2, 0.25) is 0 Å². The molecule has 1 atom stereocenters. The van der Waals surface area contributed by atoms with Gasteiger partial charge in [-0.3, -0.25) is 4.79 Å². The van der Waals surface area contributed by atoms with E-state index in [4.69, 9.17) is 5.26 Å². The summed E-state index contributed by atoms with van der Waals surface area (Å²) in [6, 6.07) is 15.7. The number of thiophene rings is 1. The highest BCUT2D eigenvalue weighted by molar-refractivity contribution is 7.09. The average Bonchev–Trinajstić information content (AvgIpc) is 3.32. The van der Waals surface area contributed by atoms with Crippen molar-refractivity contribution in [2.24, 2.45) is 0 Å². The van der Waals surface area contributed by atoms with Crippen molar-refractivity contribution in [1.82, 2.24) is 9.47 Å². The number of amides is 1. The smallest absolute Gasteiger partial charge is 0.256 e. The third-order valence-electron chi connectivity index (χ3n) is 5.29. The van der Waals surface area contributed by atoms with E-state index in [1.165, 1.54) is 4.88 Å². The summed E-state index contributed by atoms with van der Waals surface area (Å²) in [5.74, 6) is 0.0462. The van der Waals surface area contributed by atoms with E-state index in [1.54, 1.807) is 23.5 Å². The van der Waals surface area contributed by atoms with E-state index >= 15 is 0 Å². The molecule has 3 rings (SSSR count). The fourth-order valence-corrected chi connectivity index (χ4v) is 4.28. The van der Waals surface area contributed by atoms with Gasteiger partial charge < -0.3 is 9.47 Å². The first kappa shape index (κ1) is 19.9. The highest BCUT2D eigenvalue weighted by Gasteiger charge is 2.25. The summed E-state index contributed by atoms with van der Waals surface area (Å²) in [5.41, 5.74) is 4.51. The molecule has 5 heteroatoms. The molecule has 0 N–H and O–H groups in total. The van der Waals surface area contributed by atoms with Crippen LogP contribution in [0.1, 0.15) is 57.6 Å². The Kier molecular flexibility index (Phi) is 6.01. The van der Waals surface area contributed by atoms with Crippen LogP contribution in [0, 0.1) is 25.2 Å². The van der Waals surface area contributed by atoms with Crippen molar-refractivity contribution in [3.8, 4) is 6.07 Å². The topological polar surface area (TPSA) is 49.0 Å². The quantitative estimate of drug-likeness (QED) is 0.572. The van der Waals surface area contributed by atoms with Crippen molar-refractivity contribution in [2.45, 2.75) is 40.3 Å². The van der Waals surface area contributed by atoms with E-state index in [2.05, 4.69) is 35.1 Å². The SMILES string of the molecule is CCN(C(=O)c1cc(C)n(Cc2cccs2)c1C)C(C)c1ccc(C#N)cc1. The van der Waals surface area contributed by atoms with E-state index < -0.39 is 0 Å². The third kappa shape index (κ3) is 3.88. The molecule has 0 spiro atoms. The summed E-state index contributed by atoms with van der Waals surface area (Å²) >= 11 is 1.73. The van der Waals surface area contributed by atoms with Gasteiger partial charge in [-0.05, 0) is 62.9 Å². The molecule has 144 valence electrons. The van der Waals surface area contributed by atoms with Crippen LogP contribution in [-0.2, 0) is 6.54 Å². The Bertz CT molecular complexity index is 994. The van der Waals surface area contributed by atoms with Crippen LogP contribution in [0.25, 0.3) is 0 Å². The second-order valence-electron chi connectivity index (χ2n) is 6.95. The minimum atomic E-state index is -0.0643. The van der Waals surface area contributed by atoms with E-state index in [1.807, 2.05) is 43.9 Å². The number of nitriles is 1. The molecule has 3 aromatic rings. The molecule has 0 radical (unpaired) electrons. The zero-order valence-electron chi connectivity index (χ0n) is 16.8. The Morgan fingerprint density at radius 2 is 1.96 bits per heavy atom. The minimum Gasteiger partial charge on any atom is -0.343 e. The first-order valence-corrected chi connectivity index (χ1v) is 10.3. The van der Waals surface area contributed by atoms with Gasteiger partial charge in [0, 0.05) is 22.8 Å². The summed E-state index contributed by atoms with van der Waals surface area (Å²) < 4.78 is 2.21. The Balaban J connectivity index is 1.87. The maximum absolute atomic E-state index is 13.4. The Hall–Kier alpha value is -2.84. The van der Waals surface area contributed by atoms with Crippen LogP contribution >= 0.6 is 11.3 Å². The van der Waals surface area contributed by atoms with Crippen LogP contribution in [0.4, 0.5) is 0 Å². The van der Waals surface area contributed by atoms with Crippen molar-refractivity contribution in [3.05, 3.63) is 80.8 Å².